The lowest BCUT2D eigenvalue weighted by atomic mass is 10.3. The van der Waals surface area contributed by atoms with Gasteiger partial charge in [0.1, 0.15) is 0 Å². The van der Waals surface area contributed by atoms with Crippen molar-refractivity contribution in [3.05, 3.63) is 30.1 Å². The maximum absolute atomic E-state index is 12.4. The van der Waals surface area contributed by atoms with E-state index in [1.54, 1.807) is 36.6 Å². The number of nitrogens with zero attached hydrogens (tertiary/aromatic N) is 2. The molecule has 0 radical (unpaired) electrons. The first kappa shape index (κ1) is 18.8. The summed E-state index contributed by atoms with van der Waals surface area (Å²) in [6.45, 7) is 4.92. The number of carbonyl (C=O) groups is 3. The monoisotopic (exact) mass is 364 g/mol. The topological polar surface area (TPSA) is 102 Å². The number of hydrogen-bond acceptors (Lipinski definition) is 6. The van der Waals surface area contributed by atoms with Gasteiger partial charge in [-0.15, -0.1) is 0 Å². The number of pyridine rings is 1. The number of rotatable bonds is 5. The fourth-order valence-corrected chi connectivity index (χ4v) is 2.62. The highest BCUT2D eigenvalue weighted by Crippen LogP contribution is 2.20. The summed E-state index contributed by atoms with van der Waals surface area (Å²) in [5, 5.41) is 5.28. The van der Waals surface area contributed by atoms with Gasteiger partial charge in [-0.1, -0.05) is 17.8 Å². The Morgan fingerprint density at radius 3 is 2.60 bits per heavy atom. The van der Waals surface area contributed by atoms with E-state index in [0.717, 1.165) is 0 Å². The molecule has 0 fully saturated rings. The van der Waals surface area contributed by atoms with Crippen molar-refractivity contribution in [2.45, 2.75) is 38.1 Å². The Kier molecular flexibility index (Phi) is 6.02. The second-order valence-corrected chi connectivity index (χ2v) is 6.34. The lowest BCUT2D eigenvalue weighted by Crippen LogP contribution is -2.46. The quantitative estimate of drug-likeness (QED) is 0.620. The van der Waals surface area contributed by atoms with Crippen molar-refractivity contribution in [3.63, 3.8) is 0 Å². The molecule has 3 amide bonds. The van der Waals surface area contributed by atoms with E-state index in [1.165, 1.54) is 18.7 Å². The van der Waals surface area contributed by atoms with E-state index in [2.05, 4.69) is 15.6 Å². The van der Waals surface area contributed by atoms with Gasteiger partial charge in [0.05, 0.1) is 5.52 Å². The minimum atomic E-state index is -1.14. The van der Waals surface area contributed by atoms with E-state index in [1.807, 2.05) is 12.3 Å². The predicted octanol–water partition coefficient (Wildman–Crippen LogP) is 1.84. The van der Waals surface area contributed by atoms with E-state index in [-0.39, 0.29) is 11.7 Å². The van der Waals surface area contributed by atoms with Crippen molar-refractivity contribution in [1.29, 1.82) is 0 Å². The average molecular weight is 364 g/mol. The van der Waals surface area contributed by atoms with Crippen molar-refractivity contribution in [1.82, 2.24) is 20.0 Å². The molecule has 9 heteroatoms. The largest absolute Gasteiger partial charge is 0.448 e. The zero-order valence-corrected chi connectivity index (χ0v) is 15.2. The van der Waals surface area contributed by atoms with Crippen LogP contribution >= 0.6 is 11.8 Å². The summed E-state index contributed by atoms with van der Waals surface area (Å²) >= 11 is 1.39. The van der Waals surface area contributed by atoms with E-state index in [9.17, 15) is 14.4 Å². The molecule has 0 saturated carbocycles. The van der Waals surface area contributed by atoms with Gasteiger partial charge in [-0.2, -0.15) is 0 Å². The maximum Gasteiger partial charge on any atom is 0.360 e. The van der Waals surface area contributed by atoms with Crippen LogP contribution < -0.4 is 10.6 Å². The van der Waals surface area contributed by atoms with Gasteiger partial charge in [-0.25, -0.2) is 14.6 Å². The molecule has 0 bridgehead atoms. The van der Waals surface area contributed by atoms with Gasteiger partial charge in [0.2, 0.25) is 0 Å². The third-order valence-electron chi connectivity index (χ3n) is 3.20. The normalized spacial score (nSPS) is 12.0. The Balaban J connectivity index is 2.09. The standard InChI is InChI=1S/C16H20N4O4S/c1-9(2)17-15(23)19-13(21)10(3)24-14(22)12-11-7-5-6-8-20(11)16(18-12)25-4/h5-10H,1-4H3,(H2,17,19,21,23). The molecule has 25 heavy (non-hydrogen) atoms. The molecule has 8 nitrogen and oxygen atoms in total. The molecule has 0 aliphatic carbocycles. The van der Waals surface area contributed by atoms with E-state index in [0.29, 0.717) is 10.7 Å². The summed E-state index contributed by atoms with van der Waals surface area (Å²) in [5.41, 5.74) is 0.707. The lowest BCUT2D eigenvalue weighted by Gasteiger charge is -2.13. The first-order valence-electron chi connectivity index (χ1n) is 7.67. The summed E-state index contributed by atoms with van der Waals surface area (Å²) < 4.78 is 6.92. The van der Waals surface area contributed by atoms with E-state index < -0.39 is 24.0 Å². The van der Waals surface area contributed by atoms with Crippen LogP contribution in [0.15, 0.2) is 29.6 Å². The van der Waals surface area contributed by atoms with Gasteiger partial charge in [-0.3, -0.25) is 14.5 Å². The number of thioether (sulfide) groups is 1. The highest BCUT2D eigenvalue weighted by Gasteiger charge is 2.24. The Morgan fingerprint density at radius 1 is 1.24 bits per heavy atom. The van der Waals surface area contributed by atoms with E-state index >= 15 is 0 Å². The molecular formula is C16H20N4O4S. The van der Waals surface area contributed by atoms with Crippen LogP contribution in [-0.4, -0.2) is 45.7 Å². The molecule has 134 valence electrons. The Bertz CT molecular complexity index is 803. The molecule has 2 heterocycles. The first-order chi connectivity index (χ1) is 11.8. The Morgan fingerprint density at radius 2 is 1.96 bits per heavy atom. The molecular weight excluding hydrogens is 344 g/mol. The van der Waals surface area contributed by atoms with Crippen LogP contribution in [0.1, 0.15) is 31.3 Å². The van der Waals surface area contributed by atoms with Gasteiger partial charge in [0.15, 0.2) is 17.0 Å². The molecule has 1 unspecified atom stereocenters. The number of carbonyl (C=O) groups excluding carboxylic acids is 3. The highest BCUT2D eigenvalue weighted by atomic mass is 32.2. The molecule has 0 spiro atoms. The third kappa shape index (κ3) is 4.50. The second-order valence-electron chi connectivity index (χ2n) is 5.57. The SMILES string of the molecule is CSc1nc(C(=O)OC(C)C(=O)NC(=O)NC(C)C)c2ccccn12. The number of ether oxygens (including phenoxy) is 1. The fourth-order valence-electron chi connectivity index (χ4n) is 2.09. The molecule has 2 aromatic rings. The first-order valence-corrected chi connectivity index (χ1v) is 8.89. The van der Waals surface area contributed by atoms with Gasteiger partial charge in [0.25, 0.3) is 5.91 Å². The molecule has 2 rings (SSSR count). The average Bonchev–Trinajstić information content (AvgIpc) is 2.92. The number of urea groups is 1. The van der Waals surface area contributed by atoms with Gasteiger partial charge < -0.3 is 10.1 Å². The fraction of sp³-hybridized carbons (Fsp3) is 0.375. The number of esters is 1. The number of imide groups is 1. The number of fused-ring (bicyclic) bond motifs is 1. The molecule has 0 aliphatic rings. The molecule has 0 saturated heterocycles. The maximum atomic E-state index is 12.4. The van der Waals surface area contributed by atoms with Crippen molar-refractivity contribution in [2.75, 3.05) is 6.26 Å². The number of aromatic nitrogens is 2. The van der Waals surface area contributed by atoms with Crippen LogP contribution in [0.3, 0.4) is 0 Å². The summed E-state index contributed by atoms with van der Waals surface area (Å²) in [5.74, 6) is -1.43. The zero-order chi connectivity index (χ0) is 18.6. The van der Waals surface area contributed by atoms with Gasteiger partial charge in [0, 0.05) is 12.2 Å². The molecule has 2 aromatic heterocycles. The van der Waals surface area contributed by atoms with Gasteiger partial charge in [-0.05, 0) is 39.2 Å². The second kappa shape index (κ2) is 8.02. The number of amides is 3. The predicted molar refractivity (Wildman–Crippen MR) is 93.7 cm³/mol. The van der Waals surface area contributed by atoms with Crippen LogP contribution in [0.5, 0.6) is 0 Å². The summed E-state index contributed by atoms with van der Waals surface area (Å²) in [6.07, 6.45) is 2.50. The molecule has 0 aliphatic heterocycles. The van der Waals surface area contributed by atoms with Crippen molar-refractivity contribution in [2.24, 2.45) is 0 Å². The zero-order valence-electron chi connectivity index (χ0n) is 14.4. The van der Waals surface area contributed by atoms with Crippen molar-refractivity contribution in [3.8, 4) is 0 Å². The lowest BCUT2D eigenvalue weighted by molar-refractivity contribution is -0.127. The van der Waals surface area contributed by atoms with Crippen LogP contribution in [-0.2, 0) is 9.53 Å². The number of nitrogens with one attached hydrogen (secondary N) is 2. The molecule has 2 N–H and O–H groups in total. The van der Waals surface area contributed by atoms with Crippen LogP contribution in [0, 0.1) is 0 Å². The summed E-state index contributed by atoms with van der Waals surface area (Å²) in [4.78, 5) is 40.1. The van der Waals surface area contributed by atoms with Crippen molar-refractivity contribution < 1.29 is 19.1 Å². The van der Waals surface area contributed by atoms with Crippen LogP contribution in [0.2, 0.25) is 0 Å². The summed E-state index contributed by atoms with van der Waals surface area (Å²) in [7, 11) is 0. The number of imidazole rings is 1. The summed E-state index contributed by atoms with van der Waals surface area (Å²) in [6, 6.07) is 4.59. The minimum absolute atomic E-state index is 0.118. The Hall–Kier alpha value is -2.55. The Labute approximate surface area is 149 Å². The third-order valence-corrected chi connectivity index (χ3v) is 3.85. The molecule has 0 aromatic carbocycles. The van der Waals surface area contributed by atoms with Crippen LogP contribution in [0.25, 0.3) is 5.52 Å². The van der Waals surface area contributed by atoms with Crippen molar-refractivity contribution >= 4 is 35.2 Å². The van der Waals surface area contributed by atoms with Crippen LogP contribution in [0.4, 0.5) is 4.79 Å². The van der Waals surface area contributed by atoms with E-state index in [4.69, 9.17) is 4.74 Å². The molecule has 1 atom stereocenters. The highest BCUT2D eigenvalue weighted by molar-refractivity contribution is 7.98. The number of hydrogen-bond donors (Lipinski definition) is 2. The minimum Gasteiger partial charge on any atom is -0.448 e. The van der Waals surface area contributed by atoms with Gasteiger partial charge >= 0.3 is 12.0 Å². The smallest absolute Gasteiger partial charge is 0.360 e.